The van der Waals surface area contributed by atoms with Crippen LogP contribution in [0, 0.1) is 0 Å². The fraction of sp³-hybridized carbons (Fsp3) is 0.812. The molecule has 1 saturated carbocycles. The van der Waals surface area contributed by atoms with Gasteiger partial charge in [0.2, 0.25) is 0 Å². The molecule has 2 fully saturated rings. The van der Waals surface area contributed by atoms with Crippen LogP contribution in [0.25, 0.3) is 0 Å². The zero-order valence-electron chi connectivity index (χ0n) is 13.7. The van der Waals surface area contributed by atoms with Gasteiger partial charge in [-0.15, -0.1) is 0 Å². The molecule has 6 heteroatoms. The third-order valence-electron chi connectivity index (χ3n) is 4.88. The number of rotatable bonds is 6. The Balaban J connectivity index is 1.58. The molecule has 2 heterocycles. The van der Waals surface area contributed by atoms with Crippen LogP contribution in [0.15, 0.2) is 6.20 Å². The topological polar surface area (TPSA) is 62.4 Å². The molecule has 1 aliphatic carbocycles. The molecule has 2 N–H and O–H groups in total. The van der Waals surface area contributed by atoms with Crippen molar-refractivity contribution in [2.75, 3.05) is 40.4 Å². The largest absolute Gasteiger partial charge is 0.348 e. The lowest BCUT2D eigenvalue weighted by Crippen LogP contribution is -2.35. The van der Waals surface area contributed by atoms with Crippen molar-refractivity contribution < 1.29 is 9.47 Å². The van der Waals surface area contributed by atoms with Crippen LogP contribution in [0.2, 0.25) is 0 Å². The lowest BCUT2D eigenvalue weighted by Gasteiger charge is -2.35. The number of nitrogens with zero attached hydrogens (tertiary/aromatic N) is 2. The first kappa shape index (κ1) is 15.9. The van der Waals surface area contributed by atoms with E-state index < -0.39 is 0 Å². The number of H-pyrrole nitrogens is 1. The van der Waals surface area contributed by atoms with E-state index in [1.807, 2.05) is 7.05 Å². The predicted molar refractivity (Wildman–Crippen MR) is 84.7 cm³/mol. The Morgan fingerprint density at radius 2 is 2.09 bits per heavy atom. The lowest BCUT2D eigenvalue weighted by atomic mass is 9.82. The Kier molecular flexibility index (Phi) is 5.13. The van der Waals surface area contributed by atoms with Crippen LogP contribution in [0.5, 0.6) is 0 Å². The Hall–Kier alpha value is -0.950. The van der Waals surface area contributed by atoms with E-state index in [2.05, 4.69) is 33.7 Å². The van der Waals surface area contributed by atoms with Crippen molar-refractivity contribution in [2.45, 2.75) is 43.9 Å². The monoisotopic (exact) mass is 308 g/mol. The highest BCUT2D eigenvalue weighted by molar-refractivity contribution is 5.21. The highest BCUT2D eigenvalue weighted by Gasteiger charge is 2.41. The standard InChI is InChI=1S/C16H28N4O2/c1-17-7-8-20(2)12-14-11-18-19-15(14)13-3-5-16(6-4-13)21-9-10-22-16/h11,13,17H,3-10,12H2,1-2H3,(H,18,19). The molecular formula is C16H28N4O2. The minimum atomic E-state index is -0.281. The third kappa shape index (κ3) is 3.51. The Morgan fingerprint density at radius 3 is 2.77 bits per heavy atom. The second kappa shape index (κ2) is 7.08. The van der Waals surface area contributed by atoms with Gasteiger partial charge >= 0.3 is 0 Å². The Labute approximate surface area is 132 Å². The quantitative estimate of drug-likeness (QED) is 0.833. The van der Waals surface area contributed by atoms with Gasteiger partial charge in [-0.3, -0.25) is 5.10 Å². The molecule has 0 amide bonds. The van der Waals surface area contributed by atoms with E-state index in [1.54, 1.807) is 0 Å². The SMILES string of the molecule is CNCCN(C)Cc1c[nH]nc1C1CCC2(CC1)OCCO2. The van der Waals surface area contributed by atoms with Crippen LogP contribution in [0.3, 0.4) is 0 Å². The van der Waals surface area contributed by atoms with Crippen molar-refractivity contribution in [2.24, 2.45) is 0 Å². The molecule has 1 aromatic rings. The fourth-order valence-electron chi connectivity index (χ4n) is 3.59. The highest BCUT2D eigenvalue weighted by atomic mass is 16.7. The van der Waals surface area contributed by atoms with Gasteiger partial charge < -0.3 is 19.7 Å². The number of likely N-dealkylation sites (N-methyl/N-ethyl adjacent to an activating group) is 2. The van der Waals surface area contributed by atoms with Gasteiger partial charge in [-0.1, -0.05) is 0 Å². The van der Waals surface area contributed by atoms with Crippen molar-refractivity contribution in [1.82, 2.24) is 20.4 Å². The van der Waals surface area contributed by atoms with Gasteiger partial charge in [0, 0.05) is 50.2 Å². The van der Waals surface area contributed by atoms with Gasteiger partial charge in [0.05, 0.1) is 18.9 Å². The molecule has 0 atom stereocenters. The zero-order valence-corrected chi connectivity index (χ0v) is 13.7. The first-order valence-electron chi connectivity index (χ1n) is 8.36. The zero-order chi connectivity index (χ0) is 15.4. The van der Waals surface area contributed by atoms with Crippen LogP contribution in [-0.2, 0) is 16.0 Å². The number of hydrogen-bond acceptors (Lipinski definition) is 5. The summed E-state index contributed by atoms with van der Waals surface area (Å²) in [6, 6.07) is 0. The van der Waals surface area contributed by atoms with E-state index in [1.165, 1.54) is 11.3 Å². The first-order chi connectivity index (χ1) is 10.7. The second-order valence-corrected chi connectivity index (χ2v) is 6.52. The summed E-state index contributed by atoms with van der Waals surface area (Å²) < 4.78 is 11.6. The number of ether oxygens (including phenoxy) is 2. The highest BCUT2D eigenvalue weighted by Crippen LogP contribution is 2.42. The summed E-state index contributed by atoms with van der Waals surface area (Å²) in [6.07, 6.45) is 6.22. The molecule has 0 aromatic carbocycles. The van der Waals surface area contributed by atoms with Crippen LogP contribution >= 0.6 is 0 Å². The second-order valence-electron chi connectivity index (χ2n) is 6.52. The minimum Gasteiger partial charge on any atom is -0.348 e. The fourth-order valence-corrected chi connectivity index (χ4v) is 3.59. The van der Waals surface area contributed by atoms with Gasteiger partial charge in [0.15, 0.2) is 5.79 Å². The number of hydrogen-bond donors (Lipinski definition) is 2. The van der Waals surface area contributed by atoms with E-state index in [-0.39, 0.29) is 5.79 Å². The molecule has 0 unspecified atom stereocenters. The van der Waals surface area contributed by atoms with Gasteiger partial charge in [0.1, 0.15) is 0 Å². The molecule has 2 aliphatic rings. The summed E-state index contributed by atoms with van der Waals surface area (Å²) >= 11 is 0. The van der Waals surface area contributed by atoms with Crippen LogP contribution in [0.4, 0.5) is 0 Å². The Bertz CT molecular complexity index is 460. The van der Waals surface area contributed by atoms with Gasteiger partial charge in [-0.25, -0.2) is 0 Å². The summed E-state index contributed by atoms with van der Waals surface area (Å²) in [5.74, 6) is 0.244. The molecule has 0 radical (unpaired) electrons. The smallest absolute Gasteiger partial charge is 0.168 e. The average molecular weight is 308 g/mol. The summed E-state index contributed by atoms with van der Waals surface area (Å²) in [6.45, 7) is 4.48. The molecule has 1 aliphatic heterocycles. The Morgan fingerprint density at radius 1 is 1.36 bits per heavy atom. The lowest BCUT2D eigenvalue weighted by molar-refractivity contribution is -0.179. The summed E-state index contributed by atoms with van der Waals surface area (Å²) in [5.41, 5.74) is 2.57. The molecule has 6 nitrogen and oxygen atoms in total. The number of aromatic amines is 1. The van der Waals surface area contributed by atoms with E-state index in [0.29, 0.717) is 5.92 Å². The normalized spacial score (nSPS) is 22.0. The van der Waals surface area contributed by atoms with Crippen molar-refractivity contribution in [3.63, 3.8) is 0 Å². The van der Waals surface area contributed by atoms with E-state index in [0.717, 1.165) is 58.5 Å². The van der Waals surface area contributed by atoms with Crippen LogP contribution in [0.1, 0.15) is 42.9 Å². The maximum Gasteiger partial charge on any atom is 0.168 e. The van der Waals surface area contributed by atoms with Crippen molar-refractivity contribution in [3.05, 3.63) is 17.5 Å². The average Bonchev–Trinajstić information content (AvgIpc) is 3.16. The molecule has 124 valence electrons. The molecule has 1 saturated heterocycles. The molecular weight excluding hydrogens is 280 g/mol. The van der Waals surface area contributed by atoms with Crippen molar-refractivity contribution in [3.8, 4) is 0 Å². The molecule has 0 bridgehead atoms. The maximum atomic E-state index is 5.82. The van der Waals surface area contributed by atoms with Crippen molar-refractivity contribution in [1.29, 1.82) is 0 Å². The van der Waals surface area contributed by atoms with E-state index >= 15 is 0 Å². The van der Waals surface area contributed by atoms with Crippen LogP contribution < -0.4 is 5.32 Å². The van der Waals surface area contributed by atoms with E-state index in [4.69, 9.17) is 9.47 Å². The predicted octanol–water partition coefficient (Wildman–Crippen LogP) is 1.46. The minimum absolute atomic E-state index is 0.281. The van der Waals surface area contributed by atoms with Crippen molar-refractivity contribution >= 4 is 0 Å². The molecule has 1 spiro atoms. The summed E-state index contributed by atoms with van der Waals surface area (Å²) in [4.78, 5) is 2.33. The number of nitrogens with one attached hydrogen (secondary N) is 2. The summed E-state index contributed by atoms with van der Waals surface area (Å²) in [7, 11) is 4.15. The molecule has 22 heavy (non-hydrogen) atoms. The maximum absolute atomic E-state index is 5.82. The summed E-state index contributed by atoms with van der Waals surface area (Å²) in [5, 5.41) is 10.8. The first-order valence-corrected chi connectivity index (χ1v) is 8.36. The third-order valence-corrected chi connectivity index (χ3v) is 4.88. The molecule has 3 rings (SSSR count). The van der Waals surface area contributed by atoms with Gasteiger partial charge in [-0.2, -0.15) is 5.10 Å². The van der Waals surface area contributed by atoms with E-state index in [9.17, 15) is 0 Å². The van der Waals surface area contributed by atoms with Crippen LogP contribution in [-0.4, -0.2) is 61.3 Å². The van der Waals surface area contributed by atoms with Gasteiger partial charge in [0.25, 0.3) is 0 Å². The van der Waals surface area contributed by atoms with Gasteiger partial charge in [-0.05, 0) is 26.9 Å². The molecule has 1 aromatic heterocycles. The number of aromatic nitrogens is 2.